The Balaban J connectivity index is 0.00000364. The maximum atomic E-state index is 4.59. The summed E-state index contributed by atoms with van der Waals surface area (Å²) in [5, 5.41) is 9.24. The number of nitrogens with one attached hydrogen (secondary N) is 1. The highest BCUT2D eigenvalue weighted by atomic mass is 127. The Labute approximate surface area is 184 Å². The standard InChI is InChI=1S/C19H32N6S.HI/c1-13(2)8-17-21-9-16(26-17)10-22-19(20-5)24(6)11-15-12-25(7)23-18(15)14(3)4;/h9,12-14H,8,10-11H2,1-7H3,(H,20,22);1H. The average Bonchev–Trinajstić information content (AvgIpc) is 3.14. The van der Waals surface area contributed by atoms with Crippen molar-refractivity contribution in [3.05, 3.63) is 33.5 Å². The van der Waals surface area contributed by atoms with E-state index in [4.69, 9.17) is 0 Å². The molecule has 2 heterocycles. The number of thiazole rings is 1. The number of nitrogens with zero attached hydrogens (tertiary/aromatic N) is 5. The first-order chi connectivity index (χ1) is 12.3. The van der Waals surface area contributed by atoms with Crippen molar-refractivity contribution in [2.24, 2.45) is 18.0 Å². The van der Waals surface area contributed by atoms with Crippen LogP contribution in [0, 0.1) is 5.92 Å². The second-order valence-corrected chi connectivity index (χ2v) is 8.64. The monoisotopic (exact) mass is 504 g/mol. The van der Waals surface area contributed by atoms with Gasteiger partial charge in [0.05, 0.1) is 17.2 Å². The van der Waals surface area contributed by atoms with Gasteiger partial charge >= 0.3 is 0 Å². The zero-order chi connectivity index (χ0) is 19.3. The molecular weight excluding hydrogens is 471 g/mol. The summed E-state index contributed by atoms with van der Waals surface area (Å²) in [6, 6.07) is 0. The summed E-state index contributed by atoms with van der Waals surface area (Å²) in [6.45, 7) is 10.3. The quantitative estimate of drug-likeness (QED) is 0.352. The first-order valence-electron chi connectivity index (χ1n) is 9.17. The molecule has 2 rings (SSSR count). The molecule has 8 heteroatoms. The van der Waals surface area contributed by atoms with Crippen molar-refractivity contribution in [1.29, 1.82) is 0 Å². The Morgan fingerprint density at radius 3 is 2.63 bits per heavy atom. The zero-order valence-electron chi connectivity index (χ0n) is 17.5. The van der Waals surface area contributed by atoms with Crippen LogP contribution in [0.4, 0.5) is 0 Å². The van der Waals surface area contributed by atoms with Crippen LogP contribution in [0.5, 0.6) is 0 Å². The SMILES string of the molecule is CN=C(NCc1cnc(CC(C)C)s1)N(C)Cc1cn(C)nc1C(C)C.I. The number of hydrogen-bond acceptors (Lipinski definition) is 4. The van der Waals surface area contributed by atoms with Crippen molar-refractivity contribution in [1.82, 2.24) is 25.0 Å². The van der Waals surface area contributed by atoms with Crippen LogP contribution in [0.3, 0.4) is 0 Å². The molecule has 0 saturated heterocycles. The molecule has 2 aromatic heterocycles. The van der Waals surface area contributed by atoms with Crippen LogP contribution < -0.4 is 5.32 Å². The van der Waals surface area contributed by atoms with Gasteiger partial charge in [0.1, 0.15) is 0 Å². The lowest BCUT2D eigenvalue weighted by Gasteiger charge is -2.22. The van der Waals surface area contributed by atoms with Crippen LogP contribution in [0.25, 0.3) is 0 Å². The van der Waals surface area contributed by atoms with E-state index in [1.165, 1.54) is 15.4 Å². The minimum atomic E-state index is 0. The molecule has 0 saturated carbocycles. The van der Waals surface area contributed by atoms with Gasteiger partial charge < -0.3 is 10.2 Å². The number of hydrogen-bond donors (Lipinski definition) is 1. The van der Waals surface area contributed by atoms with Gasteiger partial charge in [0.2, 0.25) is 0 Å². The van der Waals surface area contributed by atoms with Crippen molar-refractivity contribution in [3.63, 3.8) is 0 Å². The highest BCUT2D eigenvalue weighted by Crippen LogP contribution is 2.19. The first kappa shape index (κ1) is 23.9. The van der Waals surface area contributed by atoms with Crippen molar-refractivity contribution < 1.29 is 0 Å². The van der Waals surface area contributed by atoms with E-state index in [-0.39, 0.29) is 24.0 Å². The first-order valence-corrected chi connectivity index (χ1v) is 9.99. The molecule has 0 bridgehead atoms. The van der Waals surface area contributed by atoms with E-state index in [1.54, 1.807) is 11.3 Å². The Hall–Kier alpha value is -1.16. The van der Waals surface area contributed by atoms with Gasteiger partial charge in [-0.15, -0.1) is 35.3 Å². The summed E-state index contributed by atoms with van der Waals surface area (Å²) in [7, 11) is 5.85. The highest BCUT2D eigenvalue weighted by Gasteiger charge is 2.15. The lowest BCUT2D eigenvalue weighted by Crippen LogP contribution is -2.38. The minimum absolute atomic E-state index is 0. The zero-order valence-corrected chi connectivity index (χ0v) is 20.6. The predicted molar refractivity (Wildman–Crippen MR) is 125 cm³/mol. The van der Waals surface area contributed by atoms with Crippen molar-refractivity contribution >= 4 is 41.3 Å². The van der Waals surface area contributed by atoms with E-state index >= 15 is 0 Å². The minimum Gasteiger partial charge on any atom is -0.351 e. The van der Waals surface area contributed by atoms with Crippen molar-refractivity contribution in [2.45, 2.75) is 53.1 Å². The van der Waals surface area contributed by atoms with Gasteiger partial charge in [0.25, 0.3) is 0 Å². The molecule has 27 heavy (non-hydrogen) atoms. The van der Waals surface area contributed by atoms with Crippen LogP contribution in [-0.2, 0) is 26.6 Å². The van der Waals surface area contributed by atoms with Gasteiger partial charge in [-0.05, 0) is 11.8 Å². The second-order valence-electron chi connectivity index (χ2n) is 7.44. The van der Waals surface area contributed by atoms with Crippen molar-refractivity contribution in [2.75, 3.05) is 14.1 Å². The van der Waals surface area contributed by atoms with E-state index < -0.39 is 0 Å². The van der Waals surface area contributed by atoms with Crippen LogP contribution in [0.15, 0.2) is 17.4 Å². The van der Waals surface area contributed by atoms with Crippen LogP contribution in [0.1, 0.15) is 54.8 Å². The molecule has 0 aliphatic heterocycles. The number of aryl methyl sites for hydroxylation is 1. The smallest absolute Gasteiger partial charge is 0.193 e. The van der Waals surface area contributed by atoms with Gasteiger partial charge in [-0.1, -0.05) is 27.7 Å². The third-order valence-corrected chi connectivity index (χ3v) is 5.09. The molecule has 0 aromatic carbocycles. The average molecular weight is 504 g/mol. The molecule has 0 aliphatic rings. The fourth-order valence-electron chi connectivity index (χ4n) is 2.92. The molecule has 0 aliphatic carbocycles. The predicted octanol–water partition coefficient (Wildman–Crippen LogP) is 4.02. The number of aliphatic imine (C=N–C) groups is 1. The van der Waals surface area contributed by atoms with Gasteiger partial charge in [0.15, 0.2) is 5.96 Å². The summed E-state index contributed by atoms with van der Waals surface area (Å²) >= 11 is 1.78. The normalized spacial score (nSPS) is 11.8. The van der Waals surface area contributed by atoms with E-state index in [2.05, 4.69) is 66.2 Å². The van der Waals surface area contributed by atoms with E-state index in [9.17, 15) is 0 Å². The summed E-state index contributed by atoms with van der Waals surface area (Å²) in [5.41, 5.74) is 2.39. The molecule has 0 unspecified atom stereocenters. The number of aromatic nitrogens is 3. The molecule has 0 fully saturated rings. The number of guanidine groups is 1. The Bertz CT molecular complexity index is 734. The Morgan fingerprint density at radius 1 is 1.33 bits per heavy atom. The molecule has 0 atom stereocenters. The van der Waals surface area contributed by atoms with Gasteiger partial charge in [-0.3, -0.25) is 9.67 Å². The maximum Gasteiger partial charge on any atom is 0.193 e. The van der Waals surface area contributed by atoms with E-state index in [1.807, 2.05) is 25.0 Å². The molecule has 6 nitrogen and oxygen atoms in total. The van der Waals surface area contributed by atoms with Crippen LogP contribution in [-0.4, -0.2) is 39.7 Å². The summed E-state index contributed by atoms with van der Waals surface area (Å²) in [4.78, 5) is 12.3. The number of rotatable bonds is 7. The van der Waals surface area contributed by atoms with Gasteiger partial charge in [-0.2, -0.15) is 5.10 Å². The summed E-state index contributed by atoms with van der Waals surface area (Å²) < 4.78 is 1.89. The number of halogens is 1. The van der Waals surface area contributed by atoms with Gasteiger partial charge in [0, 0.05) is 56.9 Å². The molecule has 152 valence electrons. The fraction of sp³-hybridized carbons (Fsp3) is 0.632. The summed E-state index contributed by atoms with van der Waals surface area (Å²) in [6.07, 6.45) is 5.11. The lowest BCUT2D eigenvalue weighted by atomic mass is 10.1. The molecule has 2 aromatic rings. The van der Waals surface area contributed by atoms with Gasteiger partial charge in [-0.25, -0.2) is 4.98 Å². The van der Waals surface area contributed by atoms with Crippen molar-refractivity contribution in [3.8, 4) is 0 Å². The largest absolute Gasteiger partial charge is 0.351 e. The van der Waals surface area contributed by atoms with E-state index in [0.29, 0.717) is 11.8 Å². The van der Waals surface area contributed by atoms with Crippen LogP contribution >= 0.6 is 35.3 Å². The molecule has 1 N–H and O–H groups in total. The second kappa shape index (κ2) is 11.0. The third-order valence-electron chi connectivity index (χ3n) is 4.07. The highest BCUT2D eigenvalue weighted by molar-refractivity contribution is 14.0. The molecule has 0 spiro atoms. The summed E-state index contributed by atoms with van der Waals surface area (Å²) in [5.74, 6) is 1.92. The maximum absolute atomic E-state index is 4.59. The Morgan fingerprint density at radius 2 is 2.04 bits per heavy atom. The molecular formula is C19H33IN6S. The van der Waals surface area contributed by atoms with Crippen LogP contribution in [0.2, 0.25) is 0 Å². The van der Waals surface area contributed by atoms with E-state index in [0.717, 1.165) is 31.2 Å². The Kier molecular flexibility index (Phi) is 9.72. The molecule has 0 amide bonds. The fourth-order valence-corrected chi connectivity index (χ4v) is 3.99. The third kappa shape index (κ3) is 7.06. The lowest BCUT2D eigenvalue weighted by molar-refractivity contribution is 0.473. The molecule has 0 radical (unpaired) electrons. The topological polar surface area (TPSA) is 58.3 Å².